The summed E-state index contributed by atoms with van der Waals surface area (Å²) in [5, 5.41) is 5.56. The van der Waals surface area contributed by atoms with Crippen LogP contribution in [0.5, 0.6) is 0 Å². The van der Waals surface area contributed by atoms with Crippen molar-refractivity contribution in [1.29, 1.82) is 0 Å². The molecule has 0 unspecified atom stereocenters. The molecule has 2 amide bonds. The first-order chi connectivity index (χ1) is 6.15. The predicted octanol–water partition coefficient (Wildman–Crippen LogP) is 1.53. The Morgan fingerprint density at radius 3 is 2.54 bits per heavy atom. The van der Waals surface area contributed by atoms with Gasteiger partial charge < -0.3 is 16.4 Å². The number of carbonyl (C=O) groups excluding carboxylic acids is 1. The van der Waals surface area contributed by atoms with E-state index >= 15 is 0 Å². The minimum Gasteiger partial charge on any atom is -0.388 e. The smallest absolute Gasteiger partial charge is 0.316 e. The molecule has 0 saturated carbocycles. The number of hydrogen-bond acceptors (Lipinski definition) is 2. The fourth-order valence-corrected chi connectivity index (χ4v) is 1.17. The molecule has 0 spiro atoms. The number of amides is 2. The van der Waals surface area contributed by atoms with Crippen molar-refractivity contribution in [1.82, 2.24) is 0 Å². The van der Waals surface area contributed by atoms with Gasteiger partial charge in [-0.25, -0.2) is 4.79 Å². The first kappa shape index (κ1) is 9.38. The zero-order valence-electron chi connectivity index (χ0n) is 7.72. The van der Waals surface area contributed by atoms with Gasteiger partial charge in [-0.2, -0.15) is 0 Å². The highest BCUT2D eigenvalue weighted by molar-refractivity contribution is 5.89. The molecular weight excluding hydrogens is 166 g/mol. The first-order valence-electron chi connectivity index (χ1n) is 3.99. The molecule has 0 saturated heterocycles. The molecule has 0 aliphatic carbocycles. The molecule has 0 radical (unpaired) electrons. The highest BCUT2D eigenvalue weighted by Crippen LogP contribution is 2.22. The highest BCUT2D eigenvalue weighted by atomic mass is 16.2. The van der Waals surface area contributed by atoms with E-state index in [0.717, 1.165) is 16.9 Å². The van der Waals surface area contributed by atoms with Crippen LogP contribution in [-0.4, -0.2) is 13.1 Å². The van der Waals surface area contributed by atoms with Crippen molar-refractivity contribution in [3.05, 3.63) is 23.8 Å². The predicted molar refractivity (Wildman–Crippen MR) is 53.9 cm³/mol. The Hall–Kier alpha value is -1.71. The van der Waals surface area contributed by atoms with Crippen molar-refractivity contribution in [2.45, 2.75) is 6.92 Å². The fourth-order valence-electron chi connectivity index (χ4n) is 1.17. The van der Waals surface area contributed by atoms with Gasteiger partial charge in [0.1, 0.15) is 0 Å². The van der Waals surface area contributed by atoms with Gasteiger partial charge >= 0.3 is 6.03 Å². The monoisotopic (exact) mass is 179 g/mol. The van der Waals surface area contributed by atoms with Gasteiger partial charge in [0, 0.05) is 18.4 Å². The molecule has 1 aromatic rings. The van der Waals surface area contributed by atoms with Gasteiger partial charge in [0.2, 0.25) is 0 Å². The lowest BCUT2D eigenvalue weighted by Crippen LogP contribution is -2.20. The molecule has 1 aromatic carbocycles. The van der Waals surface area contributed by atoms with Gasteiger partial charge in [0.25, 0.3) is 0 Å². The number of benzene rings is 1. The Morgan fingerprint density at radius 2 is 2.00 bits per heavy atom. The van der Waals surface area contributed by atoms with Crippen LogP contribution >= 0.6 is 0 Å². The summed E-state index contributed by atoms with van der Waals surface area (Å²) in [5.74, 6) is 0. The normalized spacial score (nSPS) is 9.38. The molecule has 0 aliphatic rings. The molecule has 4 heteroatoms. The number of carbonyl (C=O) groups is 1. The third kappa shape index (κ3) is 2.11. The van der Waals surface area contributed by atoms with Crippen molar-refractivity contribution >= 4 is 17.4 Å². The van der Waals surface area contributed by atoms with E-state index in [2.05, 4.69) is 10.6 Å². The van der Waals surface area contributed by atoms with E-state index in [9.17, 15) is 4.79 Å². The molecule has 0 aromatic heterocycles. The van der Waals surface area contributed by atoms with Gasteiger partial charge in [-0.3, -0.25) is 0 Å². The topological polar surface area (TPSA) is 67.2 Å². The van der Waals surface area contributed by atoms with Crippen molar-refractivity contribution in [2.24, 2.45) is 5.73 Å². The van der Waals surface area contributed by atoms with Gasteiger partial charge in [-0.05, 0) is 24.6 Å². The maximum absolute atomic E-state index is 10.6. The summed E-state index contributed by atoms with van der Waals surface area (Å²) in [6.45, 7) is 1.91. The molecule has 0 fully saturated rings. The summed E-state index contributed by atoms with van der Waals surface area (Å²) in [5.41, 5.74) is 7.70. The Morgan fingerprint density at radius 1 is 1.38 bits per heavy atom. The third-order valence-electron chi connectivity index (χ3n) is 1.86. The molecule has 13 heavy (non-hydrogen) atoms. The Balaban J connectivity index is 3.01. The van der Waals surface area contributed by atoms with Crippen molar-refractivity contribution in [2.75, 3.05) is 17.7 Å². The molecular formula is C9H13N3O. The SMILES string of the molecule is CNc1cccc(NC(N)=O)c1C. The fraction of sp³-hybridized carbons (Fsp3) is 0.222. The van der Waals surface area contributed by atoms with Gasteiger partial charge in [0.05, 0.1) is 0 Å². The number of primary amides is 1. The molecule has 0 aliphatic heterocycles. The molecule has 0 bridgehead atoms. The molecule has 4 N–H and O–H groups in total. The number of nitrogens with two attached hydrogens (primary N) is 1. The van der Waals surface area contributed by atoms with Gasteiger partial charge in [-0.1, -0.05) is 6.07 Å². The summed E-state index contributed by atoms with van der Waals surface area (Å²) in [7, 11) is 1.83. The van der Waals surface area contributed by atoms with E-state index in [0.29, 0.717) is 0 Å². The zero-order valence-corrected chi connectivity index (χ0v) is 7.72. The van der Waals surface area contributed by atoms with Crippen LogP contribution in [0, 0.1) is 6.92 Å². The van der Waals surface area contributed by atoms with Crippen LogP contribution in [0.2, 0.25) is 0 Å². The van der Waals surface area contributed by atoms with E-state index in [-0.39, 0.29) is 0 Å². The third-order valence-corrected chi connectivity index (χ3v) is 1.86. The second kappa shape index (κ2) is 3.80. The maximum atomic E-state index is 10.6. The highest BCUT2D eigenvalue weighted by Gasteiger charge is 2.03. The van der Waals surface area contributed by atoms with Crippen LogP contribution in [-0.2, 0) is 0 Å². The number of hydrogen-bond donors (Lipinski definition) is 3. The standard InChI is InChI=1S/C9H13N3O/c1-6-7(11-2)4-3-5-8(6)12-9(10)13/h3-5,11H,1-2H3,(H3,10,12,13). The maximum Gasteiger partial charge on any atom is 0.316 e. The van der Waals surface area contributed by atoms with Crippen LogP contribution < -0.4 is 16.4 Å². The number of urea groups is 1. The summed E-state index contributed by atoms with van der Waals surface area (Å²) in [4.78, 5) is 10.6. The molecule has 70 valence electrons. The second-order valence-corrected chi connectivity index (χ2v) is 2.72. The van der Waals surface area contributed by atoms with E-state index in [1.165, 1.54) is 0 Å². The second-order valence-electron chi connectivity index (χ2n) is 2.72. The number of rotatable bonds is 2. The average Bonchev–Trinajstić information content (AvgIpc) is 2.08. The summed E-state index contributed by atoms with van der Waals surface area (Å²) in [6, 6.07) is 5.04. The van der Waals surface area contributed by atoms with Crippen LogP contribution in [0.3, 0.4) is 0 Å². The summed E-state index contributed by atoms with van der Waals surface area (Å²) < 4.78 is 0. The van der Waals surface area contributed by atoms with Crippen molar-refractivity contribution < 1.29 is 4.79 Å². The minimum atomic E-state index is -0.545. The lowest BCUT2D eigenvalue weighted by Gasteiger charge is -2.10. The molecule has 0 atom stereocenters. The molecule has 0 heterocycles. The largest absolute Gasteiger partial charge is 0.388 e. The Labute approximate surface area is 77.1 Å². The van der Waals surface area contributed by atoms with E-state index in [1.807, 2.05) is 26.1 Å². The summed E-state index contributed by atoms with van der Waals surface area (Å²) in [6.07, 6.45) is 0. The van der Waals surface area contributed by atoms with Crippen LogP contribution in [0.4, 0.5) is 16.2 Å². The van der Waals surface area contributed by atoms with Crippen LogP contribution in [0.1, 0.15) is 5.56 Å². The van der Waals surface area contributed by atoms with E-state index in [4.69, 9.17) is 5.73 Å². The minimum absolute atomic E-state index is 0.545. The van der Waals surface area contributed by atoms with E-state index in [1.54, 1.807) is 6.07 Å². The van der Waals surface area contributed by atoms with Crippen LogP contribution in [0.15, 0.2) is 18.2 Å². The van der Waals surface area contributed by atoms with E-state index < -0.39 is 6.03 Å². The number of anilines is 2. The zero-order chi connectivity index (χ0) is 9.84. The quantitative estimate of drug-likeness (QED) is 0.644. The molecule has 1 rings (SSSR count). The average molecular weight is 179 g/mol. The lowest BCUT2D eigenvalue weighted by atomic mass is 10.1. The first-order valence-corrected chi connectivity index (χ1v) is 3.99. The van der Waals surface area contributed by atoms with Crippen LogP contribution in [0.25, 0.3) is 0 Å². The number of nitrogens with one attached hydrogen (secondary N) is 2. The van der Waals surface area contributed by atoms with Gasteiger partial charge in [-0.15, -0.1) is 0 Å². The Kier molecular flexibility index (Phi) is 2.74. The Bertz CT molecular complexity index is 323. The van der Waals surface area contributed by atoms with Crippen molar-refractivity contribution in [3.63, 3.8) is 0 Å². The summed E-state index contributed by atoms with van der Waals surface area (Å²) >= 11 is 0. The lowest BCUT2D eigenvalue weighted by molar-refractivity contribution is 0.259. The van der Waals surface area contributed by atoms with Gasteiger partial charge in [0.15, 0.2) is 0 Å². The molecule has 4 nitrogen and oxygen atoms in total. The van der Waals surface area contributed by atoms with Crippen molar-refractivity contribution in [3.8, 4) is 0 Å².